The Kier molecular flexibility index (Phi) is 5.73. The van der Waals surface area contributed by atoms with Gasteiger partial charge in [-0.1, -0.05) is 39.3 Å². The van der Waals surface area contributed by atoms with Gasteiger partial charge in [0.1, 0.15) is 16.8 Å². The molecule has 0 bridgehead atoms. The minimum atomic E-state index is -0.0894. The van der Waals surface area contributed by atoms with Crippen LogP contribution in [0.5, 0.6) is 0 Å². The van der Waals surface area contributed by atoms with Crippen molar-refractivity contribution in [1.29, 1.82) is 0 Å². The van der Waals surface area contributed by atoms with Crippen molar-refractivity contribution in [3.63, 3.8) is 0 Å². The molecule has 3 nitrogen and oxygen atoms in total. The monoisotopic (exact) mass is 287 g/mol. The lowest BCUT2D eigenvalue weighted by molar-refractivity contribution is 0.546. The number of nitrogens with one attached hydrogen (secondary N) is 1. The Hall–Kier alpha value is -0.480. The Morgan fingerprint density at radius 1 is 1.39 bits per heavy atom. The van der Waals surface area contributed by atoms with Crippen LogP contribution in [-0.4, -0.2) is 28.0 Å². The predicted molar refractivity (Wildman–Crippen MR) is 81.8 cm³/mol. The summed E-state index contributed by atoms with van der Waals surface area (Å²) in [6.45, 7) is 9.37. The Labute approximate surface area is 119 Å². The number of aromatic nitrogens is 2. The first-order chi connectivity index (χ1) is 8.32. The summed E-state index contributed by atoms with van der Waals surface area (Å²) in [7, 11) is 0. The van der Waals surface area contributed by atoms with Gasteiger partial charge in [-0.05, 0) is 12.7 Å². The molecule has 1 aromatic heterocycles. The standard InChI is InChI=1S/C13H22ClN3S/c1-9(18-5)6-7-15-11-8-10(14)16-12(17-11)13(2,3)4/h8-9H,6-7H2,1-5H3,(H,15,16,17). The first-order valence-corrected chi connectivity index (χ1v) is 7.81. The van der Waals surface area contributed by atoms with Crippen molar-refractivity contribution in [2.24, 2.45) is 0 Å². The maximum absolute atomic E-state index is 6.03. The summed E-state index contributed by atoms with van der Waals surface area (Å²) in [5.41, 5.74) is -0.0894. The quantitative estimate of drug-likeness (QED) is 0.831. The Morgan fingerprint density at radius 3 is 2.61 bits per heavy atom. The second-order valence-electron chi connectivity index (χ2n) is 5.41. The van der Waals surface area contributed by atoms with E-state index in [9.17, 15) is 0 Å². The van der Waals surface area contributed by atoms with Crippen molar-refractivity contribution >= 4 is 29.2 Å². The third-order valence-electron chi connectivity index (χ3n) is 2.63. The summed E-state index contributed by atoms with van der Waals surface area (Å²) in [5.74, 6) is 1.59. The van der Waals surface area contributed by atoms with Crippen molar-refractivity contribution in [3.8, 4) is 0 Å². The average molecular weight is 288 g/mol. The molecule has 102 valence electrons. The largest absolute Gasteiger partial charge is 0.370 e. The fraction of sp³-hybridized carbons (Fsp3) is 0.692. The van der Waals surface area contributed by atoms with Crippen LogP contribution in [0.2, 0.25) is 5.15 Å². The van der Waals surface area contributed by atoms with Crippen LogP contribution in [-0.2, 0) is 5.41 Å². The molecule has 0 fully saturated rings. The molecule has 0 aliphatic rings. The lowest BCUT2D eigenvalue weighted by atomic mass is 9.96. The highest BCUT2D eigenvalue weighted by Crippen LogP contribution is 2.22. The first-order valence-electron chi connectivity index (χ1n) is 6.14. The SMILES string of the molecule is CSC(C)CCNc1cc(Cl)nc(C(C)(C)C)n1. The van der Waals surface area contributed by atoms with Crippen molar-refractivity contribution in [2.75, 3.05) is 18.1 Å². The molecule has 0 saturated heterocycles. The number of nitrogens with zero attached hydrogens (tertiary/aromatic N) is 2. The summed E-state index contributed by atoms with van der Waals surface area (Å²) in [6.07, 6.45) is 3.23. The average Bonchev–Trinajstić information content (AvgIpc) is 2.27. The molecule has 0 amide bonds. The number of hydrogen-bond acceptors (Lipinski definition) is 4. The molecule has 0 aliphatic heterocycles. The van der Waals surface area contributed by atoms with Crippen LogP contribution in [0.25, 0.3) is 0 Å². The molecule has 0 radical (unpaired) electrons. The minimum Gasteiger partial charge on any atom is -0.370 e. The number of rotatable bonds is 5. The van der Waals surface area contributed by atoms with E-state index in [0.29, 0.717) is 10.4 Å². The molecule has 1 atom stereocenters. The van der Waals surface area contributed by atoms with Crippen LogP contribution in [0.4, 0.5) is 5.82 Å². The van der Waals surface area contributed by atoms with E-state index >= 15 is 0 Å². The molecular formula is C13H22ClN3S. The molecular weight excluding hydrogens is 266 g/mol. The van der Waals surface area contributed by atoms with E-state index in [1.165, 1.54) is 0 Å². The maximum Gasteiger partial charge on any atom is 0.137 e. The fourth-order valence-corrected chi connectivity index (χ4v) is 1.90. The second-order valence-corrected chi connectivity index (χ2v) is 7.07. The van der Waals surface area contributed by atoms with Crippen LogP contribution >= 0.6 is 23.4 Å². The van der Waals surface area contributed by atoms with Gasteiger partial charge in [-0.2, -0.15) is 11.8 Å². The maximum atomic E-state index is 6.03. The van der Waals surface area contributed by atoms with E-state index in [0.717, 1.165) is 24.6 Å². The van der Waals surface area contributed by atoms with Crippen LogP contribution in [0, 0.1) is 0 Å². The Bertz CT molecular complexity index is 390. The summed E-state index contributed by atoms with van der Waals surface area (Å²) >= 11 is 7.90. The predicted octanol–water partition coefficient (Wildman–Crippen LogP) is 3.98. The molecule has 18 heavy (non-hydrogen) atoms. The second kappa shape index (κ2) is 6.62. The van der Waals surface area contributed by atoms with E-state index in [1.54, 1.807) is 6.07 Å². The summed E-state index contributed by atoms with van der Waals surface area (Å²) < 4.78 is 0. The molecule has 0 aliphatic carbocycles. The molecule has 1 N–H and O–H groups in total. The molecule has 0 aromatic carbocycles. The van der Waals surface area contributed by atoms with Crippen LogP contribution in [0.1, 0.15) is 39.9 Å². The molecule has 1 heterocycles. The summed E-state index contributed by atoms with van der Waals surface area (Å²) in [6, 6.07) is 1.78. The third kappa shape index (κ3) is 5.02. The zero-order valence-corrected chi connectivity index (χ0v) is 13.3. The van der Waals surface area contributed by atoms with E-state index in [2.05, 4.69) is 49.2 Å². The fourth-order valence-electron chi connectivity index (χ4n) is 1.36. The zero-order valence-electron chi connectivity index (χ0n) is 11.7. The number of halogens is 1. The summed E-state index contributed by atoms with van der Waals surface area (Å²) in [4.78, 5) is 8.79. The van der Waals surface area contributed by atoms with Crippen molar-refractivity contribution in [2.45, 2.75) is 44.8 Å². The molecule has 1 unspecified atom stereocenters. The summed E-state index contributed by atoms with van der Waals surface area (Å²) in [5, 5.41) is 4.46. The van der Waals surface area contributed by atoms with Crippen molar-refractivity contribution < 1.29 is 0 Å². The molecule has 0 saturated carbocycles. The molecule has 1 aromatic rings. The van der Waals surface area contributed by atoms with Gasteiger partial charge in [-0.15, -0.1) is 0 Å². The first kappa shape index (κ1) is 15.6. The molecule has 0 spiro atoms. The van der Waals surface area contributed by atoms with Gasteiger partial charge < -0.3 is 5.32 Å². The van der Waals surface area contributed by atoms with Crippen LogP contribution in [0.3, 0.4) is 0 Å². The smallest absolute Gasteiger partial charge is 0.137 e. The van der Waals surface area contributed by atoms with E-state index < -0.39 is 0 Å². The topological polar surface area (TPSA) is 37.8 Å². The van der Waals surface area contributed by atoms with Crippen molar-refractivity contribution in [3.05, 3.63) is 17.0 Å². The number of anilines is 1. The van der Waals surface area contributed by atoms with Crippen LogP contribution in [0.15, 0.2) is 6.07 Å². The number of hydrogen-bond donors (Lipinski definition) is 1. The Balaban J connectivity index is 2.69. The van der Waals surface area contributed by atoms with Gasteiger partial charge >= 0.3 is 0 Å². The zero-order chi connectivity index (χ0) is 13.8. The number of thioether (sulfide) groups is 1. The van der Waals surface area contributed by atoms with E-state index in [-0.39, 0.29) is 5.41 Å². The Morgan fingerprint density at radius 2 is 2.06 bits per heavy atom. The molecule has 1 rings (SSSR count). The third-order valence-corrected chi connectivity index (χ3v) is 3.86. The lowest BCUT2D eigenvalue weighted by Crippen LogP contribution is -2.18. The van der Waals surface area contributed by atoms with Gasteiger partial charge in [0.05, 0.1) is 0 Å². The minimum absolute atomic E-state index is 0.0894. The van der Waals surface area contributed by atoms with Gasteiger partial charge in [-0.25, -0.2) is 9.97 Å². The highest BCUT2D eigenvalue weighted by molar-refractivity contribution is 7.99. The van der Waals surface area contributed by atoms with Crippen molar-refractivity contribution in [1.82, 2.24) is 9.97 Å². The normalized spacial score (nSPS) is 13.4. The van der Waals surface area contributed by atoms with Crippen LogP contribution < -0.4 is 5.32 Å². The van der Waals surface area contributed by atoms with Gasteiger partial charge in [0.25, 0.3) is 0 Å². The molecule has 5 heteroatoms. The van der Waals surface area contributed by atoms with Gasteiger partial charge in [0, 0.05) is 23.3 Å². The highest BCUT2D eigenvalue weighted by atomic mass is 35.5. The van der Waals surface area contributed by atoms with E-state index in [1.807, 2.05) is 11.8 Å². The van der Waals surface area contributed by atoms with Gasteiger partial charge in [0.15, 0.2) is 0 Å². The van der Waals surface area contributed by atoms with E-state index in [4.69, 9.17) is 11.6 Å². The van der Waals surface area contributed by atoms with Gasteiger partial charge in [-0.3, -0.25) is 0 Å². The lowest BCUT2D eigenvalue weighted by Gasteiger charge is -2.18. The van der Waals surface area contributed by atoms with Gasteiger partial charge in [0.2, 0.25) is 0 Å². The highest BCUT2D eigenvalue weighted by Gasteiger charge is 2.18.